The Kier molecular flexibility index (Phi) is 3.53. The Hall–Kier alpha value is -2.11. The van der Waals surface area contributed by atoms with E-state index in [1.807, 2.05) is 6.07 Å². The van der Waals surface area contributed by atoms with Gasteiger partial charge in [0, 0.05) is 18.8 Å². The van der Waals surface area contributed by atoms with Gasteiger partial charge in [0.2, 0.25) is 0 Å². The van der Waals surface area contributed by atoms with Crippen LogP contribution < -0.4 is 5.56 Å². The third kappa shape index (κ3) is 2.57. The number of halogens is 2. The summed E-state index contributed by atoms with van der Waals surface area (Å²) in [5, 5.41) is 3.75. The number of nitrogens with zero attached hydrogens (tertiary/aromatic N) is 3. The molecule has 7 heteroatoms. The van der Waals surface area contributed by atoms with Crippen molar-refractivity contribution in [3.63, 3.8) is 0 Å². The minimum absolute atomic E-state index is 0.145. The summed E-state index contributed by atoms with van der Waals surface area (Å²) < 4.78 is 1.39. The van der Waals surface area contributed by atoms with Crippen LogP contribution in [0, 0.1) is 0 Å². The summed E-state index contributed by atoms with van der Waals surface area (Å²) in [6, 6.07) is 6.99. The van der Waals surface area contributed by atoms with Gasteiger partial charge in [-0.1, -0.05) is 29.3 Å². The molecule has 3 rings (SSSR count). The van der Waals surface area contributed by atoms with Gasteiger partial charge in [0.1, 0.15) is 6.33 Å². The molecule has 0 atom stereocenters. The highest BCUT2D eigenvalue weighted by molar-refractivity contribution is 6.42. The number of benzene rings is 1. The van der Waals surface area contributed by atoms with Gasteiger partial charge in [-0.25, -0.2) is 9.97 Å². The summed E-state index contributed by atoms with van der Waals surface area (Å²) in [5.74, 6) is 0. The second-order valence-corrected chi connectivity index (χ2v) is 5.28. The molecule has 0 fully saturated rings. The number of aromatic nitrogens is 4. The molecular weight excluding hydrogens is 311 g/mol. The summed E-state index contributed by atoms with van der Waals surface area (Å²) in [7, 11) is 1.65. The van der Waals surface area contributed by atoms with E-state index in [0.717, 1.165) is 5.56 Å². The SMILES string of the molecule is Cn1[nH]cc(-c2cc(-c3ccc(Cl)c(Cl)c3)ncn2)c1=O. The monoisotopic (exact) mass is 320 g/mol. The van der Waals surface area contributed by atoms with Crippen LogP contribution in [0.2, 0.25) is 10.0 Å². The molecule has 0 aliphatic rings. The second kappa shape index (κ2) is 5.35. The lowest BCUT2D eigenvalue weighted by atomic mass is 10.1. The van der Waals surface area contributed by atoms with Crippen LogP contribution in [0.25, 0.3) is 22.5 Å². The average molecular weight is 321 g/mol. The summed E-state index contributed by atoms with van der Waals surface area (Å²) in [6.45, 7) is 0. The number of H-pyrrole nitrogens is 1. The molecule has 0 aliphatic heterocycles. The van der Waals surface area contributed by atoms with Crippen molar-refractivity contribution in [2.24, 2.45) is 7.05 Å². The van der Waals surface area contributed by atoms with Gasteiger partial charge >= 0.3 is 0 Å². The van der Waals surface area contributed by atoms with Gasteiger partial charge in [-0.05, 0) is 18.2 Å². The molecule has 5 nitrogen and oxygen atoms in total. The van der Waals surface area contributed by atoms with Gasteiger partial charge in [0.15, 0.2) is 0 Å². The molecule has 0 saturated carbocycles. The molecule has 0 spiro atoms. The zero-order valence-corrected chi connectivity index (χ0v) is 12.5. The smallest absolute Gasteiger partial charge is 0.275 e. The van der Waals surface area contributed by atoms with Crippen molar-refractivity contribution in [3.05, 3.63) is 57.2 Å². The molecule has 106 valence electrons. The van der Waals surface area contributed by atoms with E-state index in [-0.39, 0.29) is 5.56 Å². The molecule has 2 heterocycles. The number of aryl methyl sites for hydroxylation is 1. The minimum Gasteiger partial charge on any atom is -0.302 e. The fraction of sp³-hybridized carbons (Fsp3) is 0.0714. The predicted molar refractivity (Wildman–Crippen MR) is 82.5 cm³/mol. The van der Waals surface area contributed by atoms with Gasteiger partial charge < -0.3 is 5.10 Å². The van der Waals surface area contributed by atoms with E-state index in [1.54, 1.807) is 31.4 Å². The van der Waals surface area contributed by atoms with Crippen molar-refractivity contribution in [1.29, 1.82) is 0 Å². The highest BCUT2D eigenvalue weighted by Crippen LogP contribution is 2.28. The van der Waals surface area contributed by atoms with Crippen molar-refractivity contribution >= 4 is 23.2 Å². The third-order valence-corrected chi connectivity index (χ3v) is 3.84. The normalized spacial score (nSPS) is 10.8. The molecule has 0 saturated heterocycles. The quantitative estimate of drug-likeness (QED) is 0.789. The van der Waals surface area contributed by atoms with Crippen molar-refractivity contribution in [2.75, 3.05) is 0 Å². The Morgan fingerprint density at radius 2 is 1.86 bits per heavy atom. The summed E-state index contributed by atoms with van der Waals surface area (Å²) in [4.78, 5) is 20.3. The Labute approximate surface area is 130 Å². The molecule has 1 aromatic carbocycles. The molecule has 21 heavy (non-hydrogen) atoms. The highest BCUT2D eigenvalue weighted by atomic mass is 35.5. The highest BCUT2D eigenvalue weighted by Gasteiger charge is 2.10. The molecule has 0 amide bonds. The van der Waals surface area contributed by atoms with E-state index in [1.165, 1.54) is 11.0 Å². The lowest BCUT2D eigenvalue weighted by Crippen LogP contribution is -2.13. The maximum absolute atomic E-state index is 11.9. The van der Waals surface area contributed by atoms with Gasteiger partial charge in [-0.2, -0.15) is 0 Å². The number of hydrogen-bond acceptors (Lipinski definition) is 3. The first kappa shape index (κ1) is 13.9. The zero-order valence-electron chi connectivity index (χ0n) is 11.0. The van der Waals surface area contributed by atoms with E-state index in [2.05, 4.69) is 15.1 Å². The van der Waals surface area contributed by atoms with Crippen molar-refractivity contribution in [3.8, 4) is 22.5 Å². The minimum atomic E-state index is -0.145. The fourth-order valence-electron chi connectivity index (χ4n) is 1.96. The molecule has 0 unspecified atom stereocenters. The van der Waals surface area contributed by atoms with E-state index >= 15 is 0 Å². The van der Waals surface area contributed by atoms with E-state index < -0.39 is 0 Å². The number of aromatic amines is 1. The van der Waals surface area contributed by atoms with Gasteiger partial charge in [-0.3, -0.25) is 9.48 Å². The molecule has 1 N–H and O–H groups in total. The van der Waals surface area contributed by atoms with Crippen LogP contribution in [0.5, 0.6) is 0 Å². The van der Waals surface area contributed by atoms with Gasteiger partial charge in [0.05, 0.1) is 27.0 Å². The molecule has 0 bridgehead atoms. The molecule has 2 aromatic heterocycles. The Morgan fingerprint density at radius 3 is 2.52 bits per heavy atom. The molecule has 0 aliphatic carbocycles. The van der Waals surface area contributed by atoms with Crippen LogP contribution in [0.1, 0.15) is 0 Å². The molecule has 0 radical (unpaired) electrons. The topological polar surface area (TPSA) is 63.6 Å². The molecular formula is C14H10Cl2N4O. The first-order valence-electron chi connectivity index (χ1n) is 6.08. The van der Waals surface area contributed by atoms with Gasteiger partial charge in [0.25, 0.3) is 5.56 Å². The predicted octanol–water partition coefficient (Wildman–Crippen LogP) is 3.14. The first-order valence-corrected chi connectivity index (χ1v) is 6.84. The second-order valence-electron chi connectivity index (χ2n) is 4.47. The standard InChI is InChI=1S/C14H10Cl2N4O/c1-20-14(21)9(6-19-20)13-5-12(17-7-18-13)8-2-3-10(15)11(16)4-8/h2-7,19H,1H3. The van der Waals surface area contributed by atoms with Crippen LogP contribution in [-0.4, -0.2) is 19.7 Å². The van der Waals surface area contributed by atoms with Crippen LogP contribution in [-0.2, 0) is 7.05 Å². The summed E-state index contributed by atoms with van der Waals surface area (Å²) >= 11 is 11.9. The largest absolute Gasteiger partial charge is 0.302 e. The average Bonchev–Trinajstić information content (AvgIpc) is 2.82. The van der Waals surface area contributed by atoms with Crippen LogP contribution in [0.15, 0.2) is 41.6 Å². The van der Waals surface area contributed by atoms with Crippen molar-refractivity contribution < 1.29 is 0 Å². The molecule has 3 aromatic rings. The fourth-order valence-corrected chi connectivity index (χ4v) is 2.26. The Morgan fingerprint density at radius 1 is 1.10 bits per heavy atom. The van der Waals surface area contributed by atoms with E-state index in [0.29, 0.717) is 27.0 Å². The van der Waals surface area contributed by atoms with Crippen molar-refractivity contribution in [2.45, 2.75) is 0 Å². The zero-order chi connectivity index (χ0) is 15.0. The van der Waals surface area contributed by atoms with Crippen LogP contribution >= 0.6 is 23.2 Å². The van der Waals surface area contributed by atoms with Crippen LogP contribution in [0.3, 0.4) is 0 Å². The lowest BCUT2D eigenvalue weighted by Gasteiger charge is -2.04. The first-order chi connectivity index (χ1) is 10.1. The van der Waals surface area contributed by atoms with E-state index in [9.17, 15) is 4.79 Å². The van der Waals surface area contributed by atoms with Gasteiger partial charge in [-0.15, -0.1) is 0 Å². The maximum atomic E-state index is 11.9. The lowest BCUT2D eigenvalue weighted by molar-refractivity contribution is 0.740. The Bertz CT molecular complexity index is 869. The third-order valence-electron chi connectivity index (χ3n) is 3.10. The maximum Gasteiger partial charge on any atom is 0.275 e. The van der Waals surface area contributed by atoms with E-state index in [4.69, 9.17) is 23.2 Å². The van der Waals surface area contributed by atoms with Crippen molar-refractivity contribution in [1.82, 2.24) is 19.7 Å². The number of rotatable bonds is 2. The Balaban J connectivity index is 2.10. The summed E-state index contributed by atoms with van der Waals surface area (Å²) in [5.41, 5.74) is 2.37. The van der Waals surface area contributed by atoms with Crippen LogP contribution in [0.4, 0.5) is 0 Å². The number of hydrogen-bond donors (Lipinski definition) is 1. The number of nitrogens with one attached hydrogen (secondary N) is 1. The summed E-state index contributed by atoms with van der Waals surface area (Å²) in [6.07, 6.45) is 3.03.